The number of aryl methyl sites for hydroxylation is 1. The Kier molecular flexibility index (Phi) is 4.86. The van der Waals surface area contributed by atoms with Gasteiger partial charge < -0.3 is 14.4 Å². The highest BCUT2D eigenvalue weighted by atomic mass is 16.5. The third-order valence-corrected chi connectivity index (χ3v) is 4.34. The fraction of sp³-hybridized carbons (Fsp3) is 0.500. The normalized spacial score (nSPS) is 18.4. The van der Waals surface area contributed by atoms with Gasteiger partial charge in [0, 0.05) is 12.6 Å². The highest BCUT2D eigenvalue weighted by Gasteiger charge is 2.29. The highest BCUT2D eigenvalue weighted by Crippen LogP contribution is 2.35. The maximum Gasteiger partial charge on any atom is 0.161 e. The number of rotatable bonds is 6. The molecule has 1 N–H and O–H groups in total. The zero-order valence-electron chi connectivity index (χ0n) is 13.8. The fourth-order valence-electron chi connectivity index (χ4n) is 3.15. The van der Waals surface area contributed by atoms with Gasteiger partial charge in [-0.2, -0.15) is 0 Å². The summed E-state index contributed by atoms with van der Waals surface area (Å²) in [5.41, 5.74) is 2.14. The van der Waals surface area contributed by atoms with Crippen LogP contribution in [0.5, 0.6) is 11.5 Å². The number of benzene rings is 1. The van der Waals surface area contributed by atoms with Crippen LogP contribution in [0, 0.1) is 0 Å². The molecule has 1 saturated heterocycles. The van der Waals surface area contributed by atoms with Crippen LogP contribution in [0.3, 0.4) is 0 Å². The van der Waals surface area contributed by atoms with Crippen LogP contribution in [0.25, 0.3) is 0 Å². The van der Waals surface area contributed by atoms with Gasteiger partial charge in [0.15, 0.2) is 17.3 Å². The largest absolute Gasteiger partial charge is 0.504 e. The van der Waals surface area contributed by atoms with E-state index < -0.39 is 0 Å². The molecule has 1 unspecified atom stereocenters. The predicted molar refractivity (Wildman–Crippen MR) is 87.5 cm³/mol. The average molecular weight is 316 g/mol. The lowest BCUT2D eigenvalue weighted by Gasteiger charge is -2.22. The van der Waals surface area contributed by atoms with E-state index in [2.05, 4.69) is 23.0 Å². The van der Waals surface area contributed by atoms with Crippen molar-refractivity contribution in [3.63, 3.8) is 0 Å². The van der Waals surface area contributed by atoms with Gasteiger partial charge >= 0.3 is 0 Å². The van der Waals surface area contributed by atoms with Crippen LogP contribution in [-0.4, -0.2) is 28.3 Å². The minimum atomic E-state index is 0.191. The van der Waals surface area contributed by atoms with Crippen LogP contribution in [-0.2, 0) is 13.0 Å². The monoisotopic (exact) mass is 316 g/mol. The van der Waals surface area contributed by atoms with Crippen molar-refractivity contribution < 1.29 is 14.4 Å². The third-order valence-electron chi connectivity index (χ3n) is 4.34. The van der Waals surface area contributed by atoms with E-state index in [-0.39, 0.29) is 11.8 Å². The summed E-state index contributed by atoms with van der Waals surface area (Å²) in [6, 6.07) is 7.93. The summed E-state index contributed by atoms with van der Waals surface area (Å²) >= 11 is 0. The first kappa shape index (κ1) is 15.9. The van der Waals surface area contributed by atoms with Crippen molar-refractivity contribution in [2.75, 3.05) is 13.2 Å². The first-order valence-electron chi connectivity index (χ1n) is 8.35. The lowest BCUT2D eigenvalue weighted by Crippen LogP contribution is -2.22. The van der Waals surface area contributed by atoms with Crippen molar-refractivity contribution in [2.45, 2.75) is 45.7 Å². The van der Waals surface area contributed by atoms with Crippen molar-refractivity contribution >= 4 is 0 Å². The Balaban J connectivity index is 1.74. The van der Waals surface area contributed by atoms with E-state index in [9.17, 15) is 5.11 Å². The van der Waals surface area contributed by atoms with E-state index in [0.717, 1.165) is 49.4 Å². The zero-order valence-corrected chi connectivity index (χ0v) is 13.8. The molecule has 1 atom stereocenters. The van der Waals surface area contributed by atoms with E-state index in [1.165, 1.54) is 0 Å². The van der Waals surface area contributed by atoms with Gasteiger partial charge in [-0.3, -0.25) is 4.90 Å². The van der Waals surface area contributed by atoms with Crippen LogP contribution < -0.4 is 4.74 Å². The molecule has 1 aliphatic heterocycles. The predicted octanol–water partition coefficient (Wildman–Crippen LogP) is 3.68. The Hall–Kier alpha value is -2.01. The van der Waals surface area contributed by atoms with Gasteiger partial charge in [-0.1, -0.05) is 18.1 Å². The summed E-state index contributed by atoms with van der Waals surface area (Å²) in [4.78, 5) is 2.40. The first-order chi connectivity index (χ1) is 11.2. The van der Waals surface area contributed by atoms with E-state index in [1.807, 2.05) is 19.1 Å². The summed E-state index contributed by atoms with van der Waals surface area (Å²) < 4.78 is 11.0. The molecule has 0 aliphatic carbocycles. The number of hydrogen-bond donors (Lipinski definition) is 1. The second-order valence-electron chi connectivity index (χ2n) is 5.94. The third kappa shape index (κ3) is 3.50. The van der Waals surface area contributed by atoms with Crippen LogP contribution in [0.4, 0.5) is 0 Å². The molecule has 2 aromatic rings. The number of phenols is 1. The topological polar surface area (TPSA) is 58.7 Å². The van der Waals surface area contributed by atoms with Crippen LogP contribution in [0.2, 0.25) is 0 Å². The highest BCUT2D eigenvalue weighted by molar-refractivity contribution is 5.41. The SMILES string of the molecule is CCOc1cc(CN2CCCC2c2cc(CC)no2)ccc1O. The van der Waals surface area contributed by atoms with E-state index in [4.69, 9.17) is 9.26 Å². The maximum atomic E-state index is 9.82. The van der Waals surface area contributed by atoms with Crippen molar-refractivity contribution in [1.29, 1.82) is 0 Å². The van der Waals surface area contributed by atoms with Crippen molar-refractivity contribution in [3.8, 4) is 11.5 Å². The number of phenolic OH excluding ortho intramolecular Hbond substituents is 1. The zero-order chi connectivity index (χ0) is 16.2. The molecule has 0 radical (unpaired) electrons. The molecule has 0 spiro atoms. The Morgan fingerprint density at radius 2 is 2.22 bits per heavy atom. The molecule has 1 aliphatic rings. The van der Waals surface area contributed by atoms with Crippen LogP contribution >= 0.6 is 0 Å². The summed E-state index contributed by atoms with van der Waals surface area (Å²) in [6.07, 6.45) is 3.14. The standard InChI is InChI=1S/C18H24N2O3/c1-3-14-11-17(23-19-14)15-6-5-9-20(15)12-13-7-8-16(21)18(10-13)22-4-2/h7-8,10-11,15,21H,3-6,9,12H2,1-2H3. The second kappa shape index (κ2) is 7.04. The first-order valence-corrected chi connectivity index (χ1v) is 8.35. The van der Waals surface area contributed by atoms with Crippen molar-refractivity contribution in [3.05, 3.63) is 41.3 Å². The van der Waals surface area contributed by atoms with Crippen LogP contribution in [0.1, 0.15) is 49.7 Å². The van der Waals surface area contributed by atoms with Crippen molar-refractivity contribution in [2.24, 2.45) is 0 Å². The van der Waals surface area contributed by atoms with Crippen LogP contribution in [0.15, 0.2) is 28.8 Å². The van der Waals surface area contributed by atoms with Gasteiger partial charge in [-0.05, 0) is 50.4 Å². The van der Waals surface area contributed by atoms with Gasteiger partial charge in [0.25, 0.3) is 0 Å². The molecule has 1 fully saturated rings. The smallest absolute Gasteiger partial charge is 0.161 e. The minimum Gasteiger partial charge on any atom is -0.504 e. The van der Waals surface area contributed by atoms with Crippen molar-refractivity contribution in [1.82, 2.24) is 10.1 Å². The molecule has 3 rings (SSSR count). The molecule has 0 amide bonds. The van der Waals surface area contributed by atoms with E-state index >= 15 is 0 Å². The maximum absolute atomic E-state index is 9.82. The molecule has 23 heavy (non-hydrogen) atoms. The van der Waals surface area contributed by atoms with Gasteiger partial charge in [0.1, 0.15) is 0 Å². The lowest BCUT2D eigenvalue weighted by atomic mass is 10.1. The number of hydrogen-bond acceptors (Lipinski definition) is 5. The number of aromatic nitrogens is 1. The number of nitrogens with zero attached hydrogens (tertiary/aromatic N) is 2. The fourth-order valence-corrected chi connectivity index (χ4v) is 3.15. The lowest BCUT2D eigenvalue weighted by molar-refractivity contribution is 0.206. The number of ether oxygens (including phenoxy) is 1. The summed E-state index contributed by atoms with van der Waals surface area (Å²) in [5, 5.41) is 13.9. The quantitative estimate of drug-likeness (QED) is 0.881. The summed E-state index contributed by atoms with van der Waals surface area (Å²) in [5.74, 6) is 1.70. The average Bonchev–Trinajstić information content (AvgIpc) is 3.19. The molecular weight excluding hydrogens is 292 g/mol. The summed E-state index contributed by atoms with van der Waals surface area (Å²) in [7, 11) is 0. The van der Waals surface area contributed by atoms with E-state index in [0.29, 0.717) is 12.4 Å². The van der Waals surface area contributed by atoms with Gasteiger partial charge in [-0.25, -0.2) is 0 Å². The number of aromatic hydroxyl groups is 1. The van der Waals surface area contributed by atoms with Gasteiger partial charge in [-0.15, -0.1) is 0 Å². The molecule has 5 nitrogen and oxygen atoms in total. The Labute approximate surface area is 136 Å². The molecule has 0 bridgehead atoms. The Morgan fingerprint density at radius 1 is 1.35 bits per heavy atom. The van der Waals surface area contributed by atoms with E-state index in [1.54, 1.807) is 6.07 Å². The molecule has 1 aromatic heterocycles. The molecule has 0 saturated carbocycles. The van der Waals surface area contributed by atoms with Gasteiger partial charge in [0.2, 0.25) is 0 Å². The molecular formula is C18H24N2O3. The second-order valence-corrected chi connectivity index (χ2v) is 5.94. The molecule has 5 heteroatoms. The number of likely N-dealkylation sites (tertiary alicyclic amines) is 1. The molecule has 2 heterocycles. The molecule has 1 aromatic carbocycles. The summed E-state index contributed by atoms with van der Waals surface area (Å²) in [6.45, 7) is 6.39. The molecule has 124 valence electrons. The Morgan fingerprint density at radius 3 is 2.96 bits per heavy atom. The minimum absolute atomic E-state index is 0.191. The van der Waals surface area contributed by atoms with Gasteiger partial charge in [0.05, 0.1) is 18.3 Å². The Bertz CT molecular complexity index is 653.